The van der Waals surface area contributed by atoms with E-state index in [2.05, 4.69) is 26.0 Å². The van der Waals surface area contributed by atoms with E-state index in [0.29, 0.717) is 16.5 Å². The summed E-state index contributed by atoms with van der Waals surface area (Å²) in [6.45, 7) is 0. The van der Waals surface area contributed by atoms with E-state index in [4.69, 9.17) is 0 Å². The Labute approximate surface area is 143 Å². The number of nitrogens with zero attached hydrogens (tertiary/aromatic N) is 3. The molecule has 0 aliphatic rings. The van der Waals surface area contributed by atoms with Crippen molar-refractivity contribution < 1.29 is 18.0 Å². The Hall–Kier alpha value is -2.48. The van der Waals surface area contributed by atoms with Gasteiger partial charge in [-0.25, -0.2) is 9.67 Å². The van der Waals surface area contributed by atoms with Crippen molar-refractivity contribution in [2.75, 3.05) is 0 Å². The Balaban J connectivity index is 2.21. The van der Waals surface area contributed by atoms with Crippen LogP contribution in [0.15, 0.2) is 53.1 Å². The first-order valence-electron chi connectivity index (χ1n) is 6.74. The molecule has 24 heavy (non-hydrogen) atoms. The minimum atomic E-state index is -4.64. The number of pyridine rings is 1. The van der Waals surface area contributed by atoms with E-state index in [9.17, 15) is 18.0 Å². The van der Waals surface area contributed by atoms with Crippen molar-refractivity contribution in [2.45, 2.75) is 6.18 Å². The lowest BCUT2D eigenvalue weighted by Crippen LogP contribution is -2.15. The van der Waals surface area contributed by atoms with Crippen LogP contribution in [0.4, 0.5) is 13.2 Å². The van der Waals surface area contributed by atoms with Crippen LogP contribution in [-0.4, -0.2) is 21.1 Å². The Morgan fingerprint density at radius 1 is 1.12 bits per heavy atom. The van der Waals surface area contributed by atoms with Gasteiger partial charge in [0, 0.05) is 16.2 Å². The summed E-state index contributed by atoms with van der Waals surface area (Å²) in [6, 6.07) is 10.5. The fourth-order valence-electron chi connectivity index (χ4n) is 2.18. The van der Waals surface area contributed by atoms with Crippen LogP contribution in [0.25, 0.3) is 17.1 Å². The van der Waals surface area contributed by atoms with Crippen LogP contribution in [-0.2, 0) is 6.18 Å². The molecule has 122 valence electrons. The quantitative estimate of drug-likeness (QED) is 0.612. The average molecular weight is 396 g/mol. The van der Waals surface area contributed by atoms with Crippen molar-refractivity contribution in [3.63, 3.8) is 0 Å². The highest BCUT2D eigenvalue weighted by atomic mass is 79.9. The van der Waals surface area contributed by atoms with Crippen LogP contribution in [0.2, 0.25) is 0 Å². The predicted molar refractivity (Wildman–Crippen MR) is 84.9 cm³/mol. The number of carbonyl (C=O) groups is 1. The van der Waals surface area contributed by atoms with Crippen molar-refractivity contribution in [1.29, 1.82) is 0 Å². The monoisotopic (exact) mass is 395 g/mol. The van der Waals surface area contributed by atoms with E-state index in [0.717, 1.165) is 10.5 Å². The molecule has 0 saturated heterocycles. The second-order valence-corrected chi connectivity index (χ2v) is 5.78. The third-order valence-corrected chi connectivity index (χ3v) is 3.81. The predicted octanol–water partition coefficient (Wildman–Crippen LogP) is 4.53. The molecule has 0 spiro atoms. The lowest BCUT2D eigenvalue weighted by atomic mass is 10.1. The maximum absolute atomic E-state index is 13.4. The first kappa shape index (κ1) is 16.4. The number of halogens is 4. The summed E-state index contributed by atoms with van der Waals surface area (Å²) in [6.07, 6.45) is -2.88. The fraction of sp³-hybridized carbons (Fsp3) is 0.0625. The van der Waals surface area contributed by atoms with Crippen LogP contribution in [0, 0.1) is 0 Å². The van der Waals surface area contributed by atoms with Crippen LogP contribution >= 0.6 is 15.9 Å². The van der Waals surface area contributed by atoms with E-state index in [1.807, 2.05) is 0 Å². The summed E-state index contributed by atoms with van der Waals surface area (Å²) in [7, 11) is 0. The summed E-state index contributed by atoms with van der Waals surface area (Å²) in [4.78, 5) is 15.0. The fourth-order valence-corrected chi connectivity index (χ4v) is 2.45. The van der Waals surface area contributed by atoms with Gasteiger partial charge in [0.05, 0.1) is 11.3 Å². The second-order valence-electron chi connectivity index (χ2n) is 4.87. The number of hydrogen-bond acceptors (Lipinski definition) is 3. The van der Waals surface area contributed by atoms with Crippen molar-refractivity contribution in [3.8, 4) is 17.1 Å². The maximum Gasteiger partial charge on any atom is 0.433 e. The van der Waals surface area contributed by atoms with E-state index < -0.39 is 11.9 Å². The zero-order chi connectivity index (χ0) is 17.3. The zero-order valence-electron chi connectivity index (χ0n) is 12.0. The van der Waals surface area contributed by atoms with Gasteiger partial charge in [0.2, 0.25) is 0 Å². The van der Waals surface area contributed by atoms with E-state index in [1.54, 1.807) is 24.3 Å². The van der Waals surface area contributed by atoms with Crippen LogP contribution in [0.5, 0.6) is 0 Å². The van der Waals surface area contributed by atoms with Crippen molar-refractivity contribution in [2.24, 2.45) is 0 Å². The summed E-state index contributed by atoms with van der Waals surface area (Å²) in [5.41, 5.74) is -0.320. The number of aldehydes is 1. The normalized spacial score (nSPS) is 11.5. The van der Waals surface area contributed by atoms with Gasteiger partial charge >= 0.3 is 6.18 Å². The molecule has 0 radical (unpaired) electrons. The van der Waals surface area contributed by atoms with E-state index in [-0.39, 0.29) is 17.1 Å². The maximum atomic E-state index is 13.4. The molecule has 3 rings (SSSR count). The molecule has 1 aromatic carbocycles. The Morgan fingerprint density at radius 3 is 2.46 bits per heavy atom. The Kier molecular flexibility index (Phi) is 4.23. The van der Waals surface area contributed by atoms with Gasteiger partial charge in [0.25, 0.3) is 0 Å². The average Bonchev–Trinajstić information content (AvgIpc) is 3.01. The molecule has 0 N–H and O–H groups in total. The Bertz CT molecular complexity index is 888. The van der Waals surface area contributed by atoms with Crippen molar-refractivity contribution in [1.82, 2.24) is 14.8 Å². The third kappa shape index (κ3) is 3.09. The molecule has 0 saturated carbocycles. The lowest BCUT2D eigenvalue weighted by molar-refractivity contribution is -0.142. The SMILES string of the molecule is O=Cc1cccnc1-n1nc(-c2ccc(Br)cc2)cc1C(F)(F)F. The van der Waals surface area contributed by atoms with Crippen molar-refractivity contribution in [3.05, 3.63) is 64.4 Å². The smallest absolute Gasteiger partial charge is 0.298 e. The van der Waals surface area contributed by atoms with E-state index in [1.165, 1.54) is 18.3 Å². The molecule has 0 aliphatic heterocycles. The zero-order valence-corrected chi connectivity index (χ0v) is 13.5. The molecule has 0 atom stereocenters. The first-order chi connectivity index (χ1) is 11.4. The van der Waals surface area contributed by atoms with Crippen LogP contribution in [0.1, 0.15) is 16.1 Å². The number of hydrogen-bond donors (Lipinski definition) is 0. The molecule has 0 fully saturated rings. The first-order valence-corrected chi connectivity index (χ1v) is 7.53. The number of alkyl halides is 3. The molecule has 2 heterocycles. The molecule has 0 amide bonds. The standard InChI is InChI=1S/C16H9BrF3N3O/c17-12-5-3-10(4-6-12)13-8-14(16(18,19)20)23(22-13)15-11(9-24)2-1-7-21-15/h1-9H. The number of benzene rings is 1. The molecular weight excluding hydrogens is 387 g/mol. The summed E-state index contributed by atoms with van der Waals surface area (Å²) < 4.78 is 41.6. The summed E-state index contributed by atoms with van der Waals surface area (Å²) >= 11 is 3.27. The largest absolute Gasteiger partial charge is 0.433 e. The highest BCUT2D eigenvalue weighted by Crippen LogP contribution is 2.34. The van der Waals surface area contributed by atoms with Gasteiger partial charge in [0.1, 0.15) is 0 Å². The van der Waals surface area contributed by atoms with Gasteiger partial charge in [-0.3, -0.25) is 4.79 Å². The van der Waals surface area contributed by atoms with Gasteiger partial charge in [-0.1, -0.05) is 28.1 Å². The van der Waals surface area contributed by atoms with Gasteiger partial charge in [-0.2, -0.15) is 18.3 Å². The highest BCUT2D eigenvalue weighted by molar-refractivity contribution is 9.10. The number of aromatic nitrogens is 3. The highest BCUT2D eigenvalue weighted by Gasteiger charge is 2.37. The second kappa shape index (κ2) is 6.20. The summed E-state index contributed by atoms with van der Waals surface area (Å²) in [5.74, 6) is -0.164. The van der Waals surface area contributed by atoms with Crippen LogP contribution < -0.4 is 0 Å². The topological polar surface area (TPSA) is 47.8 Å². The van der Waals surface area contributed by atoms with E-state index >= 15 is 0 Å². The summed E-state index contributed by atoms with van der Waals surface area (Å²) in [5, 5.41) is 4.02. The molecule has 3 aromatic rings. The molecule has 2 aromatic heterocycles. The molecule has 0 unspecified atom stereocenters. The van der Waals surface area contributed by atoms with Gasteiger partial charge in [0.15, 0.2) is 17.8 Å². The molecule has 8 heteroatoms. The molecule has 4 nitrogen and oxygen atoms in total. The van der Waals surface area contributed by atoms with Crippen LogP contribution in [0.3, 0.4) is 0 Å². The molecule has 0 aliphatic carbocycles. The van der Waals surface area contributed by atoms with Gasteiger partial charge in [-0.15, -0.1) is 0 Å². The minimum absolute atomic E-state index is 0.0217. The minimum Gasteiger partial charge on any atom is -0.298 e. The van der Waals surface area contributed by atoms with Gasteiger partial charge in [-0.05, 0) is 30.3 Å². The van der Waals surface area contributed by atoms with Gasteiger partial charge < -0.3 is 0 Å². The number of rotatable bonds is 3. The third-order valence-electron chi connectivity index (χ3n) is 3.28. The Morgan fingerprint density at radius 2 is 1.83 bits per heavy atom. The van der Waals surface area contributed by atoms with Crippen molar-refractivity contribution >= 4 is 22.2 Å². The molecular formula is C16H9BrF3N3O. The number of carbonyl (C=O) groups excluding carboxylic acids is 1. The lowest BCUT2D eigenvalue weighted by Gasteiger charge is -2.10. The molecule has 0 bridgehead atoms.